The van der Waals surface area contributed by atoms with Gasteiger partial charge in [0.25, 0.3) is 0 Å². The number of hydrogen-bond donors (Lipinski definition) is 1. The molecule has 1 aliphatic rings. The second-order valence-corrected chi connectivity index (χ2v) is 9.73. The van der Waals surface area contributed by atoms with E-state index in [4.69, 9.17) is 4.74 Å². The summed E-state index contributed by atoms with van der Waals surface area (Å²) in [7, 11) is 4.24. The number of hydroxylamine groups is 2. The van der Waals surface area contributed by atoms with Crippen molar-refractivity contribution in [2.24, 2.45) is 0 Å². The molecule has 4 heteroatoms. The van der Waals surface area contributed by atoms with Crippen molar-refractivity contribution in [1.82, 2.24) is 9.96 Å². The van der Waals surface area contributed by atoms with Crippen LogP contribution in [0.1, 0.15) is 74.7 Å². The minimum absolute atomic E-state index is 0.0895. The molecular formula is C18H38N2O2. The second kappa shape index (κ2) is 6.04. The van der Waals surface area contributed by atoms with Gasteiger partial charge < -0.3 is 14.8 Å². The fraction of sp³-hybridized carbons (Fsp3) is 1.00. The van der Waals surface area contributed by atoms with Gasteiger partial charge in [-0.05, 0) is 88.7 Å². The standard InChI is InChI=1S/C18H38N2O2/c1-15(2)11-14(12-16(3,4)20(15)21)22-18(7,8)13-17(5,6)19(9)10/h14,21H,11-13H2,1-10H3. The molecule has 0 bridgehead atoms. The number of ether oxygens (including phenoxy) is 1. The maximum absolute atomic E-state index is 10.4. The average Bonchev–Trinajstić information content (AvgIpc) is 2.22. The third kappa shape index (κ3) is 4.67. The van der Waals surface area contributed by atoms with Gasteiger partial charge in [-0.25, -0.2) is 0 Å². The van der Waals surface area contributed by atoms with Crippen LogP contribution in [0.5, 0.6) is 0 Å². The molecule has 1 saturated heterocycles. The normalized spacial score (nSPS) is 24.0. The van der Waals surface area contributed by atoms with Crippen LogP contribution < -0.4 is 0 Å². The summed E-state index contributed by atoms with van der Waals surface area (Å²) in [5.41, 5.74) is -0.631. The van der Waals surface area contributed by atoms with E-state index in [0.29, 0.717) is 0 Å². The Morgan fingerprint density at radius 1 is 1.05 bits per heavy atom. The highest BCUT2D eigenvalue weighted by molar-refractivity contribution is 4.98. The molecule has 4 nitrogen and oxygen atoms in total. The first-order valence-corrected chi connectivity index (χ1v) is 8.44. The SMILES string of the molecule is CN(C)C(C)(C)CC(C)(C)OC1CC(C)(C)N(O)C(C)(C)C1. The topological polar surface area (TPSA) is 35.9 Å². The Bertz CT molecular complexity index is 369. The Kier molecular flexibility index (Phi) is 5.46. The molecule has 0 aromatic rings. The molecule has 1 N–H and O–H groups in total. The Morgan fingerprint density at radius 3 is 1.82 bits per heavy atom. The predicted molar refractivity (Wildman–Crippen MR) is 92.4 cm³/mol. The van der Waals surface area contributed by atoms with Gasteiger partial charge in [0.05, 0.1) is 11.7 Å². The highest BCUT2D eigenvalue weighted by Gasteiger charge is 2.47. The van der Waals surface area contributed by atoms with Gasteiger partial charge in [0, 0.05) is 16.6 Å². The van der Waals surface area contributed by atoms with Crippen molar-refractivity contribution in [3.8, 4) is 0 Å². The Balaban J connectivity index is 2.81. The zero-order valence-corrected chi connectivity index (χ0v) is 16.4. The highest BCUT2D eigenvalue weighted by Crippen LogP contribution is 2.40. The summed E-state index contributed by atoms with van der Waals surface area (Å²) >= 11 is 0. The van der Waals surface area contributed by atoms with E-state index < -0.39 is 0 Å². The molecule has 0 radical (unpaired) electrons. The van der Waals surface area contributed by atoms with Gasteiger partial charge in [-0.3, -0.25) is 0 Å². The summed E-state index contributed by atoms with van der Waals surface area (Å²) in [5.74, 6) is 0. The van der Waals surface area contributed by atoms with Crippen LogP contribution in [0.3, 0.4) is 0 Å². The van der Waals surface area contributed by atoms with E-state index in [1.807, 2.05) is 0 Å². The quantitative estimate of drug-likeness (QED) is 0.834. The summed E-state index contributed by atoms with van der Waals surface area (Å²) in [6, 6.07) is 0. The molecule has 0 unspecified atom stereocenters. The molecule has 22 heavy (non-hydrogen) atoms. The molecule has 0 aliphatic carbocycles. The van der Waals surface area contributed by atoms with Gasteiger partial charge >= 0.3 is 0 Å². The van der Waals surface area contributed by atoms with Crippen LogP contribution in [0.4, 0.5) is 0 Å². The van der Waals surface area contributed by atoms with E-state index in [-0.39, 0.29) is 28.3 Å². The van der Waals surface area contributed by atoms with Crippen LogP contribution in [0.2, 0.25) is 0 Å². The fourth-order valence-electron chi connectivity index (χ4n) is 3.95. The van der Waals surface area contributed by atoms with Crippen LogP contribution in [-0.4, -0.2) is 57.6 Å². The van der Waals surface area contributed by atoms with E-state index in [9.17, 15) is 5.21 Å². The van der Waals surface area contributed by atoms with Crippen molar-refractivity contribution >= 4 is 0 Å². The molecule has 0 aromatic carbocycles. The third-order valence-corrected chi connectivity index (χ3v) is 5.16. The van der Waals surface area contributed by atoms with Crippen molar-refractivity contribution in [3.05, 3.63) is 0 Å². The van der Waals surface area contributed by atoms with E-state index in [1.165, 1.54) is 5.06 Å². The van der Waals surface area contributed by atoms with E-state index in [2.05, 4.69) is 74.4 Å². The Labute approximate surface area is 137 Å². The molecule has 1 fully saturated rings. The molecular weight excluding hydrogens is 276 g/mol. The molecule has 1 heterocycles. The maximum Gasteiger partial charge on any atom is 0.0647 e. The van der Waals surface area contributed by atoms with E-state index in [0.717, 1.165) is 19.3 Å². The van der Waals surface area contributed by atoms with Gasteiger partial charge in [0.15, 0.2) is 0 Å². The number of rotatable bonds is 5. The van der Waals surface area contributed by atoms with Crippen LogP contribution >= 0.6 is 0 Å². The summed E-state index contributed by atoms with van der Waals surface area (Å²) in [5, 5.41) is 11.9. The molecule has 132 valence electrons. The lowest BCUT2D eigenvalue weighted by Gasteiger charge is -2.52. The van der Waals surface area contributed by atoms with Gasteiger partial charge in [-0.1, -0.05) is 0 Å². The van der Waals surface area contributed by atoms with Crippen LogP contribution in [0, 0.1) is 0 Å². The van der Waals surface area contributed by atoms with Crippen molar-refractivity contribution in [2.45, 2.75) is 103 Å². The zero-order valence-electron chi connectivity index (χ0n) is 16.4. The first-order chi connectivity index (χ1) is 9.59. The fourth-order valence-corrected chi connectivity index (χ4v) is 3.95. The Hall–Kier alpha value is -0.160. The minimum Gasteiger partial charge on any atom is -0.372 e. The lowest BCUT2D eigenvalue weighted by atomic mass is 9.79. The molecule has 1 aliphatic heterocycles. The van der Waals surface area contributed by atoms with Gasteiger partial charge in [-0.15, -0.1) is 0 Å². The van der Waals surface area contributed by atoms with Crippen molar-refractivity contribution in [2.75, 3.05) is 14.1 Å². The largest absolute Gasteiger partial charge is 0.372 e. The number of nitrogens with zero attached hydrogens (tertiary/aromatic N) is 2. The average molecular weight is 315 g/mol. The molecule has 0 amide bonds. The minimum atomic E-state index is -0.264. The maximum atomic E-state index is 10.4. The molecule has 1 rings (SSSR count). The van der Waals surface area contributed by atoms with Crippen molar-refractivity contribution in [1.29, 1.82) is 0 Å². The summed E-state index contributed by atoms with van der Waals surface area (Å²) in [6.07, 6.45) is 2.83. The second-order valence-electron chi connectivity index (χ2n) is 9.73. The van der Waals surface area contributed by atoms with E-state index in [1.54, 1.807) is 0 Å². The number of piperidine rings is 1. The first-order valence-electron chi connectivity index (χ1n) is 8.44. The molecule has 0 saturated carbocycles. The zero-order chi connectivity index (χ0) is 17.6. The van der Waals surface area contributed by atoms with Crippen molar-refractivity contribution in [3.63, 3.8) is 0 Å². The van der Waals surface area contributed by atoms with Crippen LogP contribution in [0.25, 0.3) is 0 Å². The van der Waals surface area contributed by atoms with Crippen LogP contribution in [-0.2, 0) is 4.74 Å². The third-order valence-electron chi connectivity index (χ3n) is 5.16. The van der Waals surface area contributed by atoms with Gasteiger partial charge in [0.1, 0.15) is 0 Å². The number of hydrogen-bond acceptors (Lipinski definition) is 4. The lowest BCUT2D eigenvalue weighted by molar-refractivity contribution is -0.270. The van der Waals surface area contributed by atoms with Gasteiger partial charge in [0.2, 0.25) is 0 Å². The van der Waals surface area contributed by atoms with Gasteiger partial charge in [-0.2, -0.15) is 5.06 Å². The first kappa shape index (κ1) is 19.9. The highest BCUT2D eigenvalue weighted by atomic mass is 16.5. The smallest absolute Gasteiger partial charge is 0.0647 e. The van der Waals surface area contributed by atoms with E-state index >= 15 is 0 Å². The summed E-state index contributed by atoms with van der Waals surface area (Å²) in [4.78, 5) is 2.25. The predicted octanol–water partition coefficient (Wildman–Crippen LogP) is 3.92. The van der Waals surface area contributed by atoms with Crippen LogP contribution in [0.15, 0.2) is 0 Å². The molecule has 0 aromatic heterocycles. The lowest BCUT2D eigenvalue weighted by Crippen LogP contribution is -2.61. The van der Waals surface area contributed by atoms with Crippen molar-refractivity contribution < 1.29 is 9.94 Å². The monoisotopic (exact) mass is 314 g/mol. The molecule has 0 spiro atoms. The summed E-state index contributed by atoms with van der Waals surface area (Å²) < 4.78 is 6.52. The Morgan fingerprint density at radius 2 is 1.45 bits per heavy atom. The molecule has 0 atom stereocenters. The summed E-state index contributed by atoms with van der Waals surface area (Å²) in [6.45, 7) is 17.2.